The van der Waals surface area contributed by atoms with Gasteiger partial charge < -0.3 is 15.4 Å². The molecule has 0 radical (unpaired) electrons. The number of ether oxygens (including phenoxy) is 1. The van der Waals surface area contributed by atoms with Crippen LogP contribution in [0.15, 0.2) is 65.1 Å². The standard InChI is InChI=1S/C26H23ClFN3O4/c1-3-35-24(33)22-23(29)31(14-11-12-17(28)16(27)13-14)19-9-6-10-20(32)21(19)26(22)15-7-4-5-8-18(15)30(2)25(26)34/h4-5,7-8,11-13H,3,6,9-10,29H2,1-2H3. The highest BCUT2D eigenvalue weighted by Crippen LogP contribution is 2.56. The van der Waals surface area contributed by atoms with Crippen molar-refractivity contribution in [1.82, 2.24) is 0 Å². The van der Waals surface area contributed by atoms with Crippen molar-refractivity contribution < 1.29 is 23.5 Å². The molecule has 0 fully saturated rings. The molecule has 1 aliphatic carbocycles. The number of ketones is 1. The Hall–Kier alpha value is -3.65. The summed E-state index contributed by atoms with van der Waals surface area (Å²) in [6.07, 6.45) is 1.18. The summed E-state index contributed by atoms with van der Waals surface area (Å²) in [7, 11) is 1.61. The number of benzene rings is 2. The first-order chi connectivity index (χ1) is 16.7. The highest BCUT2D eigenvalue weighted by Gasteiger charge is 2.63. The van der Waals surface area contributed by atoms with Crippen molar-refractivity contribution in [3.63, 3.8) is 0 Å². The summed E-state index contributed by atoms with van der Waals surface area (Å²) in [4.78, 5) is 44.2. The Bertz CT molecular complexity index is 1370. The SMILES string of the molecule is CCOC(=O)C1=C(N)N(c2ccc(F)c(Cl)c2)C2=C(C(=O)CCC2)C12C(=O)N(C)c1ccccc12. The van der Waals surface area contributed by atoms with E-state index >= 15 is 0 Å². The molecule has 7 nitrogen and oxygen atoms in total. The molecule has 35 heavy (non-hydrogen) atoms. The smallest absolute Gasteiger partial charge is 0.339 e. The Morgan fingerprint density at radius 2 is 1.94 bits per heavy atom. The molecule has 2 N–H and O–H groups in total. The second-order valence-electron chi connectivity index (χ2n) is 8.64. The molecule has 3 aliphatic rings. The summed E-state index contributed by atoms with van der Waals surface area (Å²) in [6, 6.07) is 11.1. The van der Waals surface area contributed by atoms with Gasteiger partial charge in [0.05, 0.1) is 11.6 Å². The van der Waals surface area contributed by atoms with Crippen molar-refractivity contribution in [2.24, 2.45) is 5.73 Å². The molecule has 2 heterocycles. The molecule has 2 aromatic rings. The molecule has 5 rings (SSSR count). The van der Waals surface area contributed by atoms with Crippen LogP contribution in [0.1, 0.15) is 31.7 Å². The molecular formula is C26H23ClFN3O4. The zero-order valence-corrected chi connectivity index (χ0v) is 20.0. The summed E-state index contributed by atoms with van der Waals surface area (Å²) < 4.78 is 19.4. The van der Waals surface area contributed by atoms with Crippen molar-refractivity contribution in [2.75, 3.05) is 23.5 Å². The lowest BCUT2D eigenvalue weighted by atomic mass is 9.63. The molecule has 9 heteroatoms. The van der Waals surface area contributed by atoms with Gasteiger partial charge in [-0.2, -0.15) is 0 Å². The summed E-state index contributed by atoms with van der Waals surface area (Å²) in [5, 5.41) is -0.139. The number of fused-ring (bicyclic) bond motifs is 3. The molecule has 0 saturated heterocycles. The van der Waals surface area contributed by atoms with Crippen molar-refractivity contribution in [3.8, 4) is 0 Å². The van der Waals surface area contributed by atoms with Gasteiger partial charge in [0.2, 0.25) is 5.91 Å². The van der Waals surface area contributed by atoms with Crippen molar-refractivity contribution in [1.29, 1.82) is 0 Å². The van der Waals surface area contributed by atoms with Gasteiger partial charge in [-0.1, -0.05) is 29.8 Å². The minimum absolute atomic E-state index is 0.0413. The number of Topliss-reactive ketones (excluding diaryl/α,β-unsaturated/α-hetero) is 1. The molecule has 2 aliphatic heterocycles. The van der Waals surface area contributed by atoms with E-state index in [1.807, 2.05) is 0 Å². The number of esters is 1. The lowest BCUT2D eigenvalue weighted by Crippen LogP contribution is -2.54. The molecular weight excluding hydrogens is 473 g/mol. The predicted molar refractivity (Wildman–Crippen MR) is 129 cm³/mol. The Morgan fingerprint density at radius 1 is 1.20 bits per heavy atom. The number of amides is 1. The Morgan fingerprint density at radius 3 is 2.66 bits per heavy atom. The maximum atomic E-state index is 14.1. The number of hydrogen-bond acceptors (Lipinski definition) is 6. The van der Waals surface area contributed by atoms with Crippen LogP contribution < -0.4 is 15.5 Å². The first-order valence-electron chi connectivity index (χ1n) is 11.3. The van der Waals surface area contributed by atoms with Crippen LogP contribution in [-0.4, -0.2) is 31.3 Å². The Kier molecular flexibility index (Phi) is 5.44. The predicted octanol–water partition coefficient (Wildman–Crippen LogP) is 3.95. The molecule has 2 aromatic carbocycles. The van der Waals surface area contributed by atoms with Crippen LogP contribution in [0.2, 0.25) is 5.02 Å². The van der Waals surface area contributed by atoms with E-state index in [9.17, 15) is 18.8 Å². The van der Waals surface area contributed by atoms with Crippen LogP contribution >= 0.6 is 11.6 Å². The van der Waals surface area contributed by atoms with Gasteiger partial charge in [0, 0.05) is 41.7 Å². The highest BCUT2D eigenvalue weighted by molar-refractivity contribution is 6.31. The van der Waals surface area contributed by atoms with E-state index in [2.05, 4.69) is 0 Å². The number of nitrogens with two attached hydrogens (primary N) is 1. The number of halogens is 2. The Balaban J connectivity index is 1.91. The van der Waals surface area contributed by atoms with Gasteiger partial charge in [-0.15, -0.1) is 0 Å². The summed E-state index contributed by atoms with van der Waals surface area (Å²) in [6.45, 7) is 1.69. The number of anilines is 2. The van der Waals surface area contributed by atoms with E-state index in [1.54, 1.807) is 38.2 Å². The maximum absolute atomic E-state index is 14.1. The fourth-order valence-corrected chi connectivity index (χ4v) is 5.65. The first-order valence-corrected chi connectivity index (χ1v) is 11.7. The molecule has 1 amide bonds. The van der Waals surface area contributed by atoms with Crippen LogP contribution in [0.5, 0.6) is 0 Å². The normalized spacial score (nSPS) is 21.6. The van der Waals surface area contributed by atoms with Gasteiger partial charge >= 0.3 is 5.97 Å². The number of nitrogens with zero attached hydrogens (tertiary/aromatic N) is 2. The van der Waals surface area contributed by atoms with Gasteiger partial charge in [0.25, 0.3) is 0 Å². The number of carbonyl (C=O) groups excluding carboxylic acids is 3. The maximum Gasteiger partial charge on any atom is 0.339 e. The van der Waals surface area contributed by atoms with E-state index in [0.717, 1.165) is 0 Å². The molecule has 1 spiro atoms. The van der Waals surface area contributed by atoms with Gasteiger partial charge in [0.1, 0.15) is 22.6 Å². The third-order valence-electron chi connectivity index (χ3n) is 6.84. The van der Waals surface area contributed by atoms with Crippen LogP contribution in [-0.2, 0) is 24.5 Å². The molecule has 1 unspecified atom stereocenters. The number of likely N-dealkylation sites (N-methyl/N-ethyl adjacent to an activating group) is 1. The molecule has 1 atom stereocenters. The van der Waals surface area contributed by atoms with E-state index < -0.39 is 23.1 Å². The second-order valence-corrected chi connectivity index (χ2v) is 9.05. The zero-order chi connectivity index (χ0) is 25.1. The van der Waals surface area contributed by atoms with Crippen LogP contribution in [0.25, 0.3) is 0 Å². The molecule has 180 valence electrons. The highest BCUT2D eigenvalue weighted by atomic mass is 35.5. The van der Waals surface area contributed by atoms with Crippen molar-refractivity contribution in [3.05, 3.63) is 81.5 Å². The second kappa shape index (κ2) is 8.23. The lowest BCUT2D eigenvalue weighted by Gasteiger charge is -2.44. The average molecular weight is 496 g/mol. The van der Waals surface area contributed by atoms with E-state index in [4.69, 9.17) is 22.1 Å². The van der Waals surface area contributed by atoms with Crippen molar-refractivity contribution >= 4 is 40.6 Å². The lowest BCUT2D eigenvalue weighted by molar-refractivity contribution is -0.140. The summed E-state index contributed by atoms with van der Waals surface area (Å²) in [5.74, 6) is -2.18. The van der Waals surface area contributed by atoms with Crippen LogP contribution in [0.4, 0.5) is 15.8 Å². The van der Waals surface area contributed by atoms with Gasteiger partial charge in [0.15, 0.2) is 5.78 Å². The number of allylic oxidation sites excluding steroid dienone is 1. The minimum atomic E-state index is -1.74. The van der Waals surface area contributed by atoms with Gasteiger partial charge in [-0.3, -0.25) is 14.5 Å². The van der Waals surface area contributed by atoms with Crippen molar-refractivity contribution in [2.45, 2.75) is 31.6 Å². The van der Waals surface area contributed by atoms with Gasteiger partial charge in [-0.05, 0) is 44.0 Å². The topological polar surface area (TPSA) is 92.9 Å². The van der Waals surface area contributed by atoms with Crippen LogP contribution in [0.3, 0.4) is 0 Å². The zero-order valence-electron chi connectivity index (χ0n) is 19.2. The quantitative estimate of drug-likeness (QED) is 0.648. The molecule has 0 saturated carbocycles. The van der Waals surface area contributed by atoms with E-state index in [1.165, 1.54) is 28.0 Å². The monoisotopic (exact) mass is 495 g/mol. The first kappa shape index (κ1) is 23.1. The van der Waals surface area contributed by atoms with E-state index in [-0.39, 0.29) is 40.8 Å². The Labute approximate surface area is 206 Å². The third kappa shape index (κ3) is 3.06. The average Bonchev–Trinajstić information content (AvgIpc) is 3.04. The molecule has 0 aromatic heterocycles. The van der Waals surface area contributed by atoms with Gasteiger partial charge in [-0.25, -0.2) is 9.18 Å². The summed E-state index contributed by atoms with van der Waals surface area (Å²) >= 11 is 6.07. The largest absolute Gasteiger partial charge is 0.462 e. The van der Waals surface area contributed by atoms with Crippen LogP contribution in [0, 0.1) is 5.82 Å². The number of hydrogen-bond donors (Lipinski definition) is 1. The fourth-order valence-electron chi connectivity index (χ4n) is 5.47. The summed E-state index contributed by atoms with van der Waals surface area (Å²) in [5.41, 5.74) is 6.97. The fraction of sp³-hybridized carbons (Fsp3) is 0.269. The number of carbonyl (C=O) groups is 3. The third-order valence-corrected chi connectivity index (χ3v) is 7.13. The minimum Gasteiger partial charge on any atom is -0.462 e. The number of para-hydroxylation sites is 1. The van der Waals surface area contributed by atoms with E-state index in [0.29, 0.717) is 35.5 Å². The molecule has 0 bridgehead atoms. The number of rotatable bonds is 3.